The van der Waals surface area contributed by atoms with Gasteiger partial charge in [0.1, 0.15) is 0 Å². The zero-order valence-electron chi connectivity index (χ0n) is 12.5. The Balaban J connectivity index is 1.86. The van der Waals surface area contributed by atoms with Gasteiger partial charge in [0.2, 0.25) is 0 Å². The van der Waals surface area contributed by atoms with Crippen LogP contribution in [0.5, 0.6) is 0 Å². The number of hydrogen-bond acceptors (Lipinski definition) is 2. The summed E-state index contributed by atoms with van der Waals surface area (Å²) in [5.41, 5.74) is 0. The molecule has 0 aliphatic heterocycles. The van der Waals surface area contributed by atoms with Crippen LogP contribution in [0, 0.1) is 5.92 Å². The fraction of sp³-hybridized carbons (Fsp3) is 1.00. The molecule has 0 heterocycles. The summed E-state index contributed by atoms with van der Waals surface area (Å²) >= 11 is 0. The van der Waals surface area contributed by atoms with Gasteiger partial charge >= 0.3 is 0 Å². The van der Waals surface area contributed by atoms with Gasteiger partial charge < -0.3 is 10.2 Å². The second kappa shape index (κ2) is 7.49. The molecule has 0 saturated heterocycles. The minimum Gasteiger partial charge on any atom is -0.315 e. The lowest BCUT2D eigenvalue weighted by Crippen LogP contribution is -2.48. The van der Waals surface area contributed by atoms with Crippen LogP contribution in [0.25, 0.3) is 0 Å². The molecule has 18 heavy (non-hydrogen) atoms. The van der Waals surface area contributed by atoms with Crippen molar-refractivity contribution in [3.8, 4) is 0 Å². The van der Waals surface area contributed by atoms with E-state index in [2.05, 4.69) is 24.3 Å². The Morgan fingerprint density at radius 2 is 1.50 bits per heavy atom. The maximum Gasteiger partial charge on any atom is 0.0246 e. The summed E-state index contributed by atoms with van der Waals surface area (Å²) in [5, 5.41) is 3.57. The van der Waals surface area contributed by atoms with Crippen LogP contribution in [0.2, 0.25) is 0 Å². The number of hydrogen-bond donors (Lipinski definition) is 1. The summed E-state index contributed by atoms with van der Waals surface area (Å²) in [6, 6.07) is 1.50. The van der Waals surface area contributed by atoms with Crippen LogP contribution < -0.4 is 5.32 Å². The van der Waals surface area contributed by atoms with Crippen molar-refractivity contribution in [1.29, 1.82) is 0 Å². The molecule has 2 nitrogen and oxygen atoms in total. The predicted molar refractivity (Wildman–Crippen MR) is 78.9 cm³/mol. The van der Waals surface area contributed by atoms with E-state index in [1.54, 1.807) is 0 Å². The summed E-state index contributed by atoms with van der Waals surface area (Å²) < 4.78 is 0. The fourth-order valence-electron chi connectivity index (χ4n) is 4.06. The highest BCUT2D eigenvalue weighted by atomic mass is 15.2. The van der Waals surface area contributed by atoms with Gasteiger partial charge in [-0.25, -0.2) is 0 Å². The molecule has 2 unspecified atom stereocenters. The second-order valence-electron chi connectivity index (χ2n) is 6.54. The highest BCUT2D eigenvalue weighted by Crippen LogP contribution is 2.27. The molecule has 106 valence electrons. The Bertz CT molecular complexity index is 223. The van der Waals surface area contributed by atoms with Crippen LogP contribution in [0.1, 0.15) is 64.2 Å². The number of nitrogens with zero attached hydrogens (tertiary/aromatic N) is 1. The number of nitrogens with one attached hydrogen (secondary N) is 1. The monoisotopic (exact) mass is 252 g/mol. The minimum absolute atomic E-state index is 0.723. The van der Waals surface area contributed by atoms with Crippen molar-refractivity contribution in [3.63, 3.8) is 0 Å². The first-order valence-electron chi connectivity index (χ1n) is 8.18. The standard InChI is InChI=1S/C16H32N2/c1-17-15-11-7-4-8-12-16(15)18(2)13-14-9-5-3-6-10-14/h14-17H,3-13H2,1-2H3. The maximum absolute atomic E-state index is 3.57. The number of rotatable bonds is 4. The lowest BCUT2D eigenvalue weighted by Gasteiger charge is -2.36. The lowest BCUT2D eigenvalue weighted by molar-refractivity contribution is 0.146. The Labute approximate surface area is 114 Å². The van der Waals surface area contributed by atoms with Gasteiger partial charge in [0.05, 0.1) is 0 Å². The first-order valence-corrected chi connectivity index (χ1v) is 8.18. The zero-order chi connectivity index (χ0) is 12.8. The van der Waals surface area contributed by atoms with E-state index in [0.29, 0.717) is 0 Å². The highest BCUT2D eigenvalue weighted by Gasteiger charge is 2.27. The molecule has 0 aromatic rings. The lowest BCUT2D eigenvalue weighted by atomic mass is 9.88. The molecular formula is C16H32N2. The summed E-state index contributed by atoms with van der Waals surface area (Å²) in [6.07, 6.45) is 14.4. The molecule has 2 atom stereocenters. The smallest absolute Gasteiger partial charge is 0.0246 e. The van der Waals surface area contributed by atoms with Crippen LogP contribution in [0.15, 0.2) is 0 Å². The summed E-state index contributed by atoms with van der Waals surface area (Å²) in [6.45, 7) is 1.34. The third-order valence-electron chi connectivity index (χ3n) is 5.19. The van der Waals surface area contributed by atoms with Crippen molar-refractivity contribution >= 4 is 0 Å². The van der Waals surface area contributed by atoms with E-state index in [0.717, 1.165) is 18.0 Å². The highest BCUT2D eigenvalue weighted by molar-refractivity contribution is 4.86. The van der Waals surface area contributed by atoms with E-state index >= 15 is 0 Å². The average molecular weight is 252 g/mol. The number of likely N-dealkylation sites (N-methyl/N-ethyl adjacent to an activating group) is 2. The van der Waals surface area contributed by atoms with Crippen molar-refractivity contribution in [3.05, 3.63) is 0 Å². The molecular weight excluding hydrogens is 220 g/mol. The third kappa shape index (κ3) is 3.96. The quantitative estimate of drug-likeness (QED) is 0.771. The third-order valence-corrected chi connectivity index (χ3v) is 5.19. The molecule has 2 aliphatic rings. The topological polar surface area (TPSA) is 15.3 Å². The van der Waals surface area contributed by atoms with Crippen LogP contribution in [0.3, 0.4) is 0 Å². The largest absolute Gasteiger partial charge is 0.315 e. The second-order valence-corrected chi connectivity index (χ2v) is 6.54. The molecule has 0 radical (unpaired) electrons. The summed E-state index contributed by atoms with van der Waals surface area (Å²) in [7, 11) is 4.52. The molecule has 1 N–H and O–H groups in total. The van der Waals surface area contributed by atoms with Crippen LogP contribution in [-0.4, -0.2) is 37.6 Å². The minimum atomic E-state index is 0.723. The molecule has 2 rings (SSSR count). The van der Waals surface area contributed by atoms with Crippen molar-refractivity contribution in [2.75, 3.05) is 20.6 Å². The molecule has 0 aromatic heterocycles. The van der Waals surface area contributed by atoms with Gasteiger partial charge in [0.25, 0.3) is 0 Å². The van der Waals surface area contributed by atoms with Gasteiger partial charge in [-0.05, 0) is 45.7 Å². The van der Waals surface area contributed by atoms with Crippen molar-refractivity contribution in [1.82, 2.24) is 10.2 Å². The molecule has 0 aromatic carbocycles. The zero-order valence-corrected chi connectivity index (χ0v) is 12.5. The Kier molecular flexibility index (Phi) is 5.97. The van der Waals surface area contributed by atoms with Crippen molar-refractivity contribution in [2.45, 2.75) is 76.3 Å². The van der Waals surface area contributed by atoms with Gasteiger partial charge in [-0.15, -0.1) is 0 Å². The van der Waals surface area contributed by atoms with Gasteiger partial charge in [0.15, 0.2) is 0 Å². The first-order chi connectivity index (χ1) is 8.81. The van der Waals surface area contributed by atoms with Gasteiger partial charge in [-0.3, -0.25) is 0 Å². The van der Waals surface area contributed by atoms with E-state index < -0.39 is 0 Å². The average Bonchev–Trinajstić information content (AvgIpc) is 2.64. The Morgan fingerprint density at radius 1 is 0.889 bits per heavy atom. The predicted octanol–water partition coefficient (Wildman–Crippen LogP) is 3.42. The van der Waals surface area contributed by atoms with Gasteiger partial charge in [-0.2, -0.15) is 0 Å². The molecule has 0 amide bonds. The maximum atomic E-state index is 3.57. The van der Waals surface area contributed by atoms with Gasteiger partial charge in [-0.1, -0.05) is 38.5 Å². The SMILES string of the molecule is CNC1CCCCCC1N(C)CC1CCCCC1. The van der Waals surface area contributed by atoms with E-state index in [9.17, 15) is 0 Å². The van der Waals surface area contributed by atoms with E-state index in [1.807, 2.05) is 0 Å². The van der Waals surface area contributed by atoms with E-state index in [-0.39, 0.29) is 0 Å². The Hall–Kier alpha value is -0.0800. The Morgan fingerprint density at radius 3 is 2.17 bits per heavy atom. The van der Waals surface area contributed by atoms with E-state index in [4.69, 9.17) is 0 Å². The first kappa shape index (κ1) is 14.3. The van der Waals surface area contributed by atoms with Crippen molar-refractivity contribution in [2.24, 2.45) is 5.92 Å². The summed E-state index contributed by atoms with van der Waals surface area (Å²) in [4.78, 5) is 2.68. The molecule has 0 spiro atoms. The normalized spacial score (nSPS) is 31.5. The molecule has 2 fully saturated rings. The van der Waals surface area contributed by atoms with Crippen LogP contribution in [0.4, 0.5) is 0 Å². The molecule has 2 heteroatoms. The summed E-state index contributed by atoms with van der Waals surface area (Å²) in [5.74, 6) is 0.976. The van der Waals surface area contributed by atoms with Gasteiger partial charge in [0, 0.05) is 18.6 Å². The van der Waals surface area contributed by atoms with E-state index in [1.165, 1.54) is 70.8 Å². The molecule has 2 aliphatic carbocycles. The van der Waals surface area contributed by atoms with Crippen LogP contribution in [-0.2, 0) is 0 Å². The molecule has 0 bridgehead atoms. The van der Waals surface area contributed by atoms with Crippen LogP contribution >= 0.6 is 0 Å². The molecule has 2 saturated carbocycles. The fourth-order valence-corrected chi connectivity index (χ4v) is 4.06. The van der Waals surface area contributed by atoms with Crippen molar-refractivity contribution < 1.29 is 0 Å².